The van der Waals surface area contributed by atoms with E-state index in [1.165, 1.54) is 115 Å². The van der Waals surface area contributed by atoms with E-state index in [2.05, 4.69) is 205 Å². The Bertz CT molecular complexity index is 3390. The van der Waals surface area contributed by atoms with E-state index in [1.54, 1.807) is 0 Å². The van der Waals surface area contributed by atoms with E-state index in [0.29, 0.717) is 0 Å². The number of fused-ring (bicyclic) bond motifs is 19. The highest BCUT2D eigenvalue weighted by molar-refractivity contribution is 6.26. The lowest BCUT2D eigenvalue weighted by atomic mass is 9.70. The fourth-order valence-corrected chi connectivity index (χ4v) is 10.7. The molecule has 0 fully saturated rings. The second-order valence-electron chi connectivity index (χ2n) is 15.6. The van der Waals surface area contributed by atoms with Crippen molar-refractivity contribution in [3.63, 3.8) is 0 Å². The predicted octanol–water partition coefficient (Wildman–Crippen LogP) is 14.3. The van der Waals surface area contributed by atoms with Crippen LogP contribution >= 0.6 is 0 Å². The van der Waals surface area contributed by atoms with Crippen molar-refractivity contribution in [1.29, 1.82) is 0 Å². The third-order valence-corrected chi connectivity index (χ3v) is 13.0. The molecule has 0 amide bonds. The van der Waals surface area contributed by atoms with Gasteiger partial charge in [-0.2, -0.15) is 0 Å². The van der Waals surface area contributed by atoms with Gasteiger partial charge in [0.15, 0.2) is 0 Å². The quantitative estimate of drug-likeness (QED) is 0.158. The molecule has 56 heavy (non-hydrogen) atoms. The van der Waals surface area contributed by atoms with Gasteiger partial charge in [0.1, 0.15) is 0 Å². The normalized spacial score (nSPS) is 13.5. The molecule has 0 saturated carbocycles. The SMILES string of the molecule is c1cc(-c2ccc3c(c2)-c2cc4c5ccccc5c5ccccc5c4cc2C32c3ccccc3-c3ccccc32)cc(-n2c3ccccc3c3ccccc32)c1. The Morgan fingerprint density at radius 1 is 0.268 bits per heavy atom. The van der Waals surface area contributed by atoms with E-state index >= 15 is 0 Å². The molecule has 2 aliphatic carbocycles. The summed E-state index contributed by atoms with van der Waals surface area (Å²) in [4.78, 5) is 0. The molecule has 0 aliphatic heterocycles. The maximum absolute atomic E-state index is 2.56. The summed E-state index contributed by atoms with van der Waals surface area (Å²) < 4.78 is 2.42. The van der Waals surface area contributed by atoms with Crippen LogP contribution < -0.4 is 0 Å². The molecule has 258 valence electrons. The van der Waals surface area contributed by atoms with Gasteiger partial charge in [-0.3, -0.25) is 0 Å². The van der Waals surface area contributed by atoms with Crippen LogP contribution in [0.4, 0.5) is 0 Å². The van der Waals surface area contributed by atoms with Crippen LogP contribution in [-0.4, -0.2) is 4.57 Å². The van der Waals surface area contributed by atoms with Gasteiger partial charge in [0.2, 0.25) is 0 Å². The van der Waals surface area contributed by atoms with Crippen LogP contribution in [0.5, 0.6) is 0 Å². The van der Waals surface area contributed by atoms with Crippen molar-refractivity contribution < 1.29 is 0 Å². The first kappa shape index (κ1) is 30.1. The van der Waals surface area contributed by atoms with Crippen LogP contribution in [0, 0.1) is 0 Å². The molecular weight excluding hydrogens is 675 g/mol. The van der Waals surface area contributed by atoms with Gasteiger partial charge in [0.25, 0.3) is 0 Å². The van der Waals surface area contributed by atoms with Gasteiger partial charge in [-0.15, -0.1) is 0 Å². The van der Waals surface area contributed by atoms with E-state index in [4.69, 9.17) is 0 Å². The average Bonchev–Trinajstić information content (AvgIpc) is 3.87. The lowest BCUT2D eigenvalue weighted by Crippen LogP contribution is -2.25. The highest BCUT2D eigenvalue weighted by atomic mass is 15.0. The molecule has 1 nitrogen and oxygen atoms in total. The molecule has 1 spiro atoms. The molecule has 0 bridgehead atoms. The van der Waals surface area contributed by atoms with Gasteiger partial charge in [-0.1, -0.05) is 158 Å². The van der Waals surface area contributed by atoms with Gasteiger partial charge in [0, 0.05) is 16.5 Å². The van der Waals surface area contributed by atoms with Crippen molar-refractivity contribution in [2.24, 2.45) is 0 Å². The summed E-state index contributed by atoms with van der Waals surface area (Å²) in [5.74, 6) is 0. The number of hydrogen-bond donors (Lipinski definition) is 0. The Hall–Kier alpha value is -7.22. The second kappa shape index (κ2) is 10.9. The van der Waals surface area contributed by atoms with Crippen LogP contribution in [-0.2, 0) is 5.41 Å². The number of para-hydroxylation sites is 2. The van der Waals surface area contributed by atoms with Gasteiger partial charge in [-0.05, 0) is 130 Å². The minimum Gasteiger partial charge on any atom is -0.309 e. The lowest BCUT2D eigenvalue weighted by molar-refractivity contribution is 0.795. The fraction of sp³-hybridized carbons (Fsp3) is 0.0182. The zero-order valence-corrected chi connectivity index (χ0v) is 30.5. The smallest absolute Gasteiger partial charge is 0.0725 e. The highest BCUT2D eigenvalue weighted by Crippen LogP contribution is 2.64. The summed E-state index contributed by atoms with van der Waals surface area (Å²) in [6.07, 6.45) is 0. The zero-order valence-electron chi connectivity index (χ0n) is 30.5. The summed E-state index contributed by atoms with van der Waals surface area (Å²) in [5, 5.41) is 10.4. The van der Waals surface area contributed by atoms with E-state index in [-0.39, 0.29) is 0 Å². The number of rotatable bonds is 2. The van der Waals surface area contributed by atoms with Gasteiger partial charge < -0.3 is 4.57 Å². The Morgan fingerprint density at radius 3 is 1.36 bits per heavy atom. The number of aromatic nitrogens is 1. The molecule has 1 heteroatoms. The van der Waals surface area contributed by atoms with Crippen molar-refractivity contribution in [2.45, 2.75) is 5.41 Å². The third-order valence-electron chi connectivity index (χ3n) is 13.0. The average molecular weight is 708 g/mol. The molecule has 1 heterocycles. The third kappa shape index (κ3) is 3.75. The van der Waals surface area contributed by atoms with Gasteiger partial charge in [-0.25, -0.2) is 0 Å². The molecule has 0 saturated heterocycles. The topological polar surface area (TPSA) is 4.93 Å². The molecule has 13 rings (SSSR count). The maximum Gasteiger partial charge on any atom is 0.0725 e. The molecular formula is C55H33N. The van der Waals surface area contributed by atoms with E-state index < -0.39 is 5.41 Å². The lowest BCUT2D eigenvalue weighted by Gasteiger charge is -2.31. The van der Waals surface area contributed by atoms with Crippen molar-refractivity contribution in [2.75, 3.05) is 0 Å². The molecule has 10 aromatic carbocycles. The number of nitrogens with zero attached hydrogens (tertiary/aromatic N) is 1. The first-order chi connectivity index (χ1) is 27.8. The largest absolute Gasteiger partial charge is 0.309 e. The molecule has 1 aromatic heterocycles. The summed E-state index contributed by atoms with van der Waals surface area (Å²) >= 11 is 0. The van der Waals surface area contributed by atoms with Gasteiger partial charge in [0.05, 0.1) is 16.4 Å². The first-order valence-corrected chi connectivity index (χ1v) is 19.6. The second-order valence-corrected chi connectivity index (χ2v) is 15.6. The van der Waals surface area contributed by atoms with Crippen molar-refractivity contribution in [3.8, 4) is 39.1 Å². The summed E-state index contributed by atoms with van der Waals surface area (Å²) in [6.45, 7) is 0. The van der Waals surface area contributed by atoms with Gasteiger partial charge >= 0.3 is 0 Å². The van der Waals surface area contributed by atoms with Crippen LogP contribution in [0.3, 0.4) is 0 Å². The van der Waals surface area contributed by atoms with Crippen LogP contribution in [0.15, 0.2) is 200 Å². The number of benzene rings is 10. The first-order valence-electron chi connectivity index (χ1n) is 19.6. The molecule has 0 unspecified atom stereocenters. The van der Waals surface area contributed by atoms with Crippen molar-refractivity contribution >= 4 is 54.1 Å². The highest BCUT2D eigenvalue weighted by Gasteiger charge is 2.51. The maximum atomic E-state index is 2.56. The molecule has 2 aliphatic rings. The minimum atomic E-state index is -0.428. The Labute approximate surface area is 324 Å². The Kier molecular flexibility index (Phi) is 5.89. The van der Waals surface area contributed by atoms with E-state index in [9.17, 15) is 0 Å². The summed E-state index contributed by atoms with van der Waals surface area (Å²) in [5.41, 5.74) is 16.4. The standard InChI is InChI=1S/C55H33N/c1-3-18-39-37(16-1)38-17-2-4-19-40(38)46-33-52-48(32-45(39)46)47-31-35(28-29-51(47)55(52)49-24-9-5-20-41(49)42-21-6-10-25-50(42)55)34-14-13-15-36(30-34)56-53-26-11-7-22-43(53)44-23-8-12-27-54(44)56/h1-33H. The Balaban J connectivity index is 1.11. The Morgan fingerprint density at radius 2 is 0.732 bits per heavy atom. The van der Waals surface area contributed by atoms with E-state index in [1.807, 2.05) is 0 Å². The predicted molar refractivity (Wildman–Crippen MR) is 235 cm³/mol. The minimum absolute atomic E-state index is 0.428. The zero-order chi connectivity index (χ0) is 36.5. The summed E-state index contributed by atoms with van der Waals surface area (Å²) in [7, 11) is 0. The molecule has 0 N–H and O–H groups in total. The molecule has 0 radical (unpaired) electrons. The van der Waals surface area contributed by atoms with Crippen LogP contribution in [0.1, 0.15) is 22.3 Å². The molecule has 0 atom stereocenters. The van der Waals surface area contributed by atoms with Crippen LogP contribution in [0.2, 0.25) is 0 Å². The van der Waals surface area contributed by atoms with Crippen molar-refractivity contribution in [3.05, 3.63) is 222 Å². The number of hydrogen-bond acceptors (Lipinski definition) is 0. The van der Waals surface area contributed by atoms with E-state index in [0.717, 1.165) is 0 Å². The monoisotopic (exact) mass is 707 g/mol. The summed E-state index contributed by atoms with van der Waals surface area (Å²) in [6, 6.07) is 75.1. The fourth-order valence-electron chi connectivity index (χ4n) is 10.7. The van der Waals surface area contributed by atoms with Crippen LogP contribution in [0.25, 0.3) is 93.2 Å². The molecule has 11 aromatic rings. The van der Waals surface area contributed by atoms with Crippen molar-refractivity contribution in [1.82, 2.24) is 4.57 Å².